The van der Waals surface area contributed by atoms with Crippen LogP contribution in [0.1, 0.15) is 5.56 Å². The number of rotatable bonds is 1. The number of nitrogens with two attached hydrogens (primary N) is 1. The summed E-state index contributed by atoms with van der Waals surface area (Å²) >= 11 is 1.52. The Morgan fingerprint density at radius 1 is 1.55 bits per heavy atom. The number of pyridine rings is 1. The van der Waals surface area contributed by atoms with Crippen molar-refractivity contribution in [2.45, 2.75) is 0 Å². The normalized spacial score (nSPS) is 11.5. The van der Waals surface area contributed by atoms with Crippen molar-refractivity contribution in [1.29, 1.82) is 0 Å². The van der Waals surface area contributed by atoms with E-state index in [9.17, 15) is 0 Å². The van der Waals surface area contributed by atoms with Crippen molar-refractivity contribution in [3.05, 3.63) is 30.1 Å². The van der Waals surface area contributed by atoms with E-state index in [-0.39, 0.29) is 0 Å². The Balaban J connectivity index is 2.92. The maximum Gasteiger partial charge on any atom is 0.123 e. The average molecular weight is 167 g/mol. The fraction of sp³-hybridized carbons (Fsp3) is 0.143. The highest BCUT2D eigenvalue weighted by Crippen LogP contribution is 2.07. The molecule has 1 rings (SSSR count). The highest BCUT2D eigenvalue weighted by molar-refractivity contribution is 8.13. The van der Waals surface area contributed by atoms with Gasteiger partial charge in [0, 0.05) is 18.0 Å². The van der Waals surface area contributed by atoms with E-state index >= 15 is 0 Å². The first-order valence-corrected chi connectivity index (χ1v) is 4.33. The minimum absolute atomic E-state index is 0.826. The number of thioether (sulfide) groups is 1. The van der Waals surface area contributed by atoms with E-state index in [0.29, 0.717) is 0 Å². The molecule has 0 fully saturated rings. The minimum Gasteiger partial charge on any atom is -0.322 e. The lowest BCUT2D eigenvalue weighted by Gasteiger charge is -1.98. The Morgan fingerprint density at radius 3 is 2.64 bits per heavy atom. The Kier molecular flexibility index (Phi) is 2.92. The van der Waals surface area contributed by atoms with Crippen LogP contribution in [0.4, 0.5) is 0 Å². The van der Waals surface area contributed by atoms with Gasteiger partial charge >= 0.3 is 0 Å². The molecule has 0 aliphatic heterocycles. The zero-order chi connectivity index (χ0) is 8.10. The summed E-state index contributed by atoms with van der Waals surface area (Å²) in [4.78, 5) is 3.89. The van der Waals surface area contributed by atoms with Gasteiger partial charge in [-0.05, 0) is 18.4 Å². The lowest BCUT2D eigenvalue weighted by Crippen LogP contribution is -1.98. The lowest BCUT2D eigenvalue weighted by molar-refractivity contribution is 1.25. The standard InChI is InChI=1S/C7H9N3S/c1-11-7(10-8)6-2-4-9-5-3-6/h2-5H,8H2,1H3/b10-7-. The Morgan fingerprint density at radius 2 is 2.18 bits per heavy atom. The molecule has 0 aromatic carbocycles. The second kappa shape index (κ2) is 3.98. The predicted octanol–water partition coefficient (Wildman–Crippen LogP) is 1.06. The van der Waals surface area contributed by atoms with Gasteiger partial charge in [0.05, 0.1) is 0 Å². The molecule has 4 heteroatoms. The Bertz CT molecular complexity index is 245. The molecule has 0 radical (unpaired) electrons. The molecule has 1 aromatic heterocycles. The quantitative estimate of drug-likeness (QED) is 0.294. The number of aromatic nitrogens is 1. The van der Waals surface area contributed by atoms with Crippen molar-refractivity contribution in [2.75, 3.05) is 6.26 Å². The first kappa shape index (κ1) is 8.07. The molecule has 58 valence electrons. The van der Waals surface area contributed by atoms with Crippen LogP contribution in [-0.2, 0) is 0 Å². The zero-order valence-electron chi connectivity index (χ0n) is 6.19. The molecule has 3 nitrogen and oxygen atoms in total. The number of hydrogen-bond acceptors (Lipinski definition) is 4. The molecule has 0 unspecified atom stereocenters. The molecule has 0 aliphatic rings. The molecular formula is C7H9N3S. The summed E-state index contributed by atoms with van der Waals surface area (Å²) in [5.74, 6) is 5.16. The molecule has 0 amide bonds. The van der Waals surface area contributed by atoms with Crippen LogP contribution in [0, 0.1) is 0 Å². The largest absolute Gasteiger partial charge is 0.322 e. The monoisotopic (exact) mass is 167 g/mol. The molecule has 0 bridgehead atoms. The molecule has 2 N–H and O–H groups in total. The van der Waals surface area contributed by atoms with E-state index < -0.39 is 0 Å². The summed E-state index contributed by atoms with van der Waals surface area (Å²) in [6, 6.07) is 3.75. The maximum absolute atomic E-state index is 5.16. The van der Waals surface area contributed by atoms with Crippen LogP contribution in [0.15, 0.2) is 29.6 Å². The van der Waals surface area contributed by atoms with Crippen LogP contribution < -0.4 is 5.84 Å². The summed E-state index contributed by atoms with van der Waals surface area (Å²) in [7, 11) is 0. The molecule has 0 aliphatic carbocycles. The molecule has 11 heavy (non-hydrogen) atoms. The highest BCUT2D eigenvalue weighted by atomic mass is 32.2. The van der Waals surface area contributed by atoms with Gasteiger partial charge in [-0.15, -0.1) is 11.8 Å². The van der Waals surface area contributed by atoms with Crippen LogP contribution in [0.2, 0.25) is 0 Å². The number of hydrogen-bond donors (Lipinski definition) is 1. The number of hydrazone groups is 1. The third-order valence-corrected chi connectivity index (χ3v) is 1.97. The van der Waals surface area contributed by atoms with Gasteiger partial charge in [-0.1, -0.05) is 0 Å². The third kappa shape index (κ3) is 1.94. The fourth-order valence-corrected chi connectivity index (χ4v) is 1.22. The van der Waals surface area contributed by atoms with E-state index in [1.54, 1.807) is 12.4 Å². The zero-order valence-corrected chi connectivity index (χ0v) is 7.01. The average Bonchev–Trinajstić information content (AvgIpc) is 2.09. The molecule has 0 atom stereocenters. The Labute approximate surface area is 69.7 Å². The smallest absolute Gasteiger partial charge is 0.123 e. The topological polar surface area (TPSA) is 51.3 Å². The first-order chi connectivity index (χ1) is 5.38. The van der Waals surface area contributed by atoms with Crippen LogP contribution in [0.25, 0.3) is 0 Å². The third-order valence-electron chi connectivity index (χ3n) is 1.24. The second-order valence-corrected chi connectivity index (χ2v) is 2.67. The molecule has 0 saturated carbocycles. The summed E-state index contributed by atoms with van der Waals surface area (Å²) in [6.45, 7) is 0. The van der Waals surface area contributed by atoms with Crippen molar-refractivity contribution < 1.29 is 0 Å². The van der Waals surface area contributed by atoms with Gasteiger partial charge in [0.25, 0.3) is 0 Å². The molecule has 1 heterocycles. The van der Waals surface area contributed by atoms with Crippen LogP contribution >= 0.6 is 11.8 Å². The molecule has 0 spiro atoms. The van der Waals surface area contributed by atoms with Gasteiger partial charge in [-0.3, -0.25) is 4.98 Å². The van der Waals surface area contributed by atoms with Gasteiger partial charge in [0.1, 0.15) is 5.04 Å². The van der Waals surface area contributed by atoms with E-state index in [1.165, 1.54) is 11.8 Å². The summed E-state index contributed by atoms with van der Waals surface area (Å²) in [5.41, 5.74) is 1.01. The lowest BCUT2D eigenvalue weighted by atomic mass is 10.3. The number of nitrogens with zero attached hydrogens (tertiary/aromatic N) is 2. The van der Waals surface area contributed by atoms with Crippen molar-refractivity contribution >= 4 is 16.8 Å². The SMILES string of the molecule is CS/C(=N\N)c1ccncc1. The molecule has 1 aromatic rings. The first-order valence-electron chi connectivity index (χ1n) is 3.10. The van der Waals surface area contributed by atoms with Gasteiger partial charge < -0.3 is 5.84 Å². The van der Waals surface area contributed by atoms with Gasteiger partial charge in [0.2, 0.25) is 0 Å². The van der Waals surface area contributed by atoms with Crippen molar-refractivity contribution in [2.24, 2.45) is 10.9 Å². The van der Waals surface area contributed by atoms with Gasteiger partial charge in [-0.2, -0.15) is 5.10 Å². The van der Waals surface area contributed by atoms with Crippen LogP contribution in [0.5, 0.6) is 0 Å². The van der Waals surface area contributed by atoms with Crippen molar-refractivity contribution in [3.63, 3.8) is 0 Å². The molecular weight excluding hydrogens is 158 g/mol. The maximum atomic E-state index is 5.16. The predicted molar refractivity (Wildman–Crippen MR) is 48.5 cm³/mol. The highest BCUT2D eigenvalue weighted by Gasteiger charge is 1.98. The van der Waals surface area contributed by atoms with E-state index in [0.717, 1.165) is 10.6 Å². The Hall–Kier alpha value is -1.03. The second-order valence-electron chi connectivity index (χ2n) is 1.87. The summed E-state index contributed by atoms with van der Waals surface area (Å²) in [6.07, 6.45) is 5.37. The van der Waals surface area contributed by atoms with E-state index in [1.807, 2.05) is 18.4 Å². The van der Waals surface area contributed by atoms with Gasteiger partial charge in [0.15, 0.2) is 0 Å². The van der Waals surface area contributed by atoms with E-state index in [2.05, 4.69) is 10.1 Å². The van der Waals surface area contributed by atoms with Gasteiger partial charge in [-0.25, -0.2) is 0 Å². The van der Waals surface area contributed by atoms with E-state index in [4.69, 9.17) is 5.84 Å². The minimum atomic E-state index is 0.826. The summed E-state index contributed by atoms with van der Waals surface area (Å²) < 4.78 is 0. The fourth-order valence-electron chi connectivity index (χ4n) is 0.740. The molecule has 0 saturated heterocycles. The van der Waals surface area contributed by atoms with Crippen molar-refractivity contribution in [1.82, 2.24) is 4.98 Å². The van der Waals surface area contributed by atoms with Crippen LogP contribution in [0.3, 0.4) is 0 Å². The van der Waals surface area contributed by atoms with Crippen molar-refractivity contribution in [3.8, 4) is 0 Å². The van der Waals surface area contributed by atoms with Crippen LogP contribution in [-0.4, -0.2) is 16.3 Å². The summed E-state index contributed by atoms with van der Waals surface area (Å²) in [5, 5.41) is 4.45.